The Bertz CT molecular complexity index is 535. The van der Waals surface area contributed by atoms with E-state index in [4.69, 9.17) is 4.74 Å². The van der Waals surface area contributed by atoms with E-state index in [1.165, 1.54) is 0 Å². The number of carbonyl (C=O) groups is 2. The highest BCUT2D eigenvalue weighted by Crippen LogP contribution is 2.19. The normalized spacial score (nSPS) is 15.6. The second-order valence-electron chi connectivity index (χ2n) is 6.51. The quantitative estimate of drug-likeness (QED) is 0.899. The Kier molecular flexibility index (Phi) is 5.03. The third kappa shape index (κ3) is 4.73. The highest BCUT2D eigenvalue weighted by molar-refractivity contribution is 5.95. The Balaban J connectivity index is 1.91. The molecule has 0 spiro atoms. The van der Waals surface area contributed by atoms with E-state index in [9.17, 15) is 9.59 Å². The summed E-state index contributed by atoms with van der Waals surface area (Å²) in [6, 6.07) is 6.99. The van der Waals surface area contributed by atoms with E-state index in [-0.39, 0.29) is 24.0 Å². The summed E-state index contributed by atoms with van der Waals surface area (Å²) in [7, 11) is 0. The van der Waals surface area contributed by atoms with E-state index in [0.717, 1.165) is 5.69 Å². The molecule has 1 aromatic carbocycles. The van der Waals surface area contributed by atoms with Gasteiger partial charge in [0.05, 0.1) is 6.61 Å². The summed E-state index contributed by atoms with van der Waals surface area (Å²) in [5, 5.41) is 5.60. The van der Waals surface area contributed by atoms with Crippen molar-refractivity contribution >= 4 is 23.3 Å². The predicted molar refractivity (Wildman–Crippen MR) is 86.1 cm³/mol. The molecule has 1 aromatic rings. The Morgan fingerprint density at radius 3 is 2.55 bits per heavy atom. The second kappa shape index (κ2) is 6.79. The van der Waals surface area contributed by atoms with Gasteiger partial charge in [-0.15, -0.1) is 0 Å². The zero-order chi connectivity index (χ0) is 16.2. The lowest BCUT2D eigenvalue weighted by molar-refractivity contribution is -0.125. The summed E-state index contributed by atoms with van der Waals surface area (Å²) in [5.74, 6) is -0.0464. The number of nitrogens with one attached hydrogen (secondary N) is 2. The van der Waals surface area contributed by atoms with Crippen LogP contribution in [0.25, 0.3) is 0 Å². The molecular weight excluding hydrogens is 282 g/mol. The average molecular weight is 305 g/mol. The predicted octanol–water partition coefficient (Wildman–Crippen LogP) is 2.22. The first-order valence-electron chi connectivity index (χ1n) is 7.38. The number of hydrogen-bond donors (Lipinski definition) is 2. The number of ether oxygens (including phenoxy) is 1. The summed E-state index contributed by atoms with van der Waals surface area (Å²) in [6.45, 7) is 7.98. The van der Waals surface area contributed by atoms with Crippen LogP contribution in [0.5, 0.6) is 0 Å². The number of morpholine rings is 1. The molecule has 6 heteroatoms. The van der Waals surface area contributed by atoms with Crippen LogP contribution in [0.3, 0.4) is 0 Å². The smallest absolute Gasteiger partial charge is 0.319 e. The van der Waals surface area contributed by atoms with Crippen LogP contribution >= 0.6 is 0 Å². The van der Waals surface area contributed by atoms with E-state index < -0.39 is 0 Å². The van der Waals surface area contributed by atoms with Gasteiger partial charge in [-0.1, -0.05) is 20.8 Å². The van der Waals surface area contributed by atoms with Crippen molar-refractivity contribution in [1.29, 1.82) is 0 Å². The van der Waals surface area contributed by atoms with Crippen molar-refractivity contribution in [3.63, 3.8) is 0 Å². The summed E-state index contributed by atoms with van der Waals surface area (Å²) in [6.07, 6.45) is 0. The molecule has 2 N–H and O–H groups in total. The third-order valence-corrected chi connectivity index (χ3v) is 3.20. The fourth-order valence-corrected chi connectivity index (χ4v) is 2.04. The van der Waals surface area contributed by atoms with Crippen molar-refractivity contribution in [1.82, 2.24) is 5.32 Å². The Morgan fingerprint density at radius 1 is 1.27 bits per heavy atom. The van der Waals surface area contributed by atoms with Crippen LogP contribution in [0.4, 0.5) is 16.2 Å². The van der Waals surface area contributed by atoms with E-state index in [2.05, 4.69) is 31.4 Å². The van der Waals surface area contributed by atoms with Crippen molar-refractivity contribution in [2.24, 2.45) is 5.41 Å². The van der Waals surface area contributed by atoms with Crippen LogP contribution in [0.1, 0.15) is 20.8 Å². The number of carbonyl (C=O) groups excluding carboxylic acids is 2. The zero-order valence-electron chi connectivity index (χ0n) is 13.3. The van der Waals surface area contributed by atoms with Gasteiger partial charge in [0.1, 0.15) is 6.61 Å². The Labute approximate surface area is 130 Å². The molecule has 22 heavy (non-hydrogen) atoms. The summed E-state index contributed by atoms with van der Waals surface area (Å²) in [5.41, 5.74) is 1.54. The van der Waals surface area contributed by atoms with Gasteiger partial charge in [-0.3, -0.25) is 4.79 Å². The molecule has 6 nitrogen and oxygen atoms in total. The lowest BCUT2D eigenvalue weighted by Gasteiger charge is -2.27. The van der Waals surface area contributed by atoms with E-state index in [1.54, 1.807) is 17.0 Å². The number of benzene rings is 1. The Hall–Kier alpha value is -2.08. The molecule has 0 aromatic heterocycles. The number of urea groups is 1. The van der Waals surface area contributed by atoms with Crippen LogP contribution < -0.4 is 15.5 Å². The molecule has 2 rings (SSSR count). The van der Waals surface area contributed by atoms with Gasteiger partial charge in [0, 0.05) is 24.5 Å². The van der Waals surface area contributed by atoms with E-state index in [0.29, 0.717) is 25.4 Å². The molecule has 0 radical (unpaired) electrons. The van der Waals surface area contributed by atoms with Crippen LogP contribution in [0.15, 0.2) is 24.3 Å². The molecule has 1 aliphatic heterocycles. The van der Waals surface area contributed by atoms with Crippen molar-refractivity contribution in [3.05, 3.63) is 24.3 Å². The maximum Gasteiger partial charge on any atom is 0.319 e. The fourth-order valence-electron chi connectivity index (χ4n) is 2.04. The minimum atomic E-state index is -0.231. The standard InChI is InChI=1S/C16H23N3O3/c1-16(2,3)11-17-15(21)18-12-4-6-13(7-5-12)19-8-9-22-10-14(19)20/h4-7H,8-11H2,1-3H3,(H2,17,18,21). The van der Waals surface area contributed by atoms with Gasteiger partial charge >= 0.3 is 6.03 Å². The first-order chi connectivity index (χ1) is 10.3. The monoisotopic (exact) mass is 305 g/mol. The molecule has 0 saturated carbocycles. The zero-order valence-corrected chi connectivity index (χ0v) is 13.3. The number of rotatable bonds is 3. The first-order valence-corrected chi connectivity index (χ1v) is 7.38. The largest absolute Gasteiger partial charge is 0.370 e. The number of nitrogens with zero attached hydrogens (tertiary/aromatic N) is 1. The number of hydrogen-bond acceptors (Lipinski definition) is 3. The maximum absolute atomic E-state index is 11.8. The SMILES string of the molecule is CC(C)(C)CNC(=O)Nc1ccc(N2CCOCC2=O)cc1. The van der Waals surface area contributed by atoms with Crippen molar-refractivity contribution < 1.29 is 14.3 Å². The number of amides is 3. The molecule has 1 fully saturated rings. The summed E-state index contributed by atoms with van der Waals surface area (Å²) < 4.78 is 5.11. The third-order valence-electron chi connectivity index (χ3n) is 3.20. The van der Waals surface area contributed by atoms with Crippen LogP contribution in [-0.2, 0) is 9.53 Å². The minimum absolute atomic E-state index is 0.0396. The fraction of sp³-hybridized carbons (Fsp3) is 0.500. The van der Waals surface area contributed by atoms with Gasteiger partial charge in [0.25, 0.3) is 5.91 Å². The van der Waals surface area contributed by atoms with Crippen LogP contribution in [0, 0.1) is 5.41 Å². The molecule has 1 saturated heterocycles. The summed E-state index contributed by atoms with van der Waals surface area (Å²) >= 11 is 0. The lowest BCUT2D eigenvalue weighted by atomic mass is 9.97. The van der Waals surface area contributed by atoms with E-state index in [1.807, 2.05) is 12.1 Å². The molecule has 0 unspecified atom stereocenters. The van der Waals surface area contributed by atoms with Gasteiger partial charge in [0.2, 0.25) is 0 Å². The molecule has 0 aliphatic carbocycles. The summed E-state index contributed by atoms with van der Waals surface area (Å²) in [4.78, 5) is 25.2. The molecular formula is C16H23N3O3. The highest BCUT2D eigenvalue weighted by Gasteiger charge is 2.20. The molecule has 1 aliphatic rings. The van der Waals surface area contributed by atoms with Crippen molar-refractivity contribution in [2.75, 3.05) is 36.5 Å². The first kappa shape index (κ1) is 16.3. The Morgan fingerprint density at radius 2 is 1.95 bits per heavy atom. The molecule has 0 bridgehead atoms. The minimum Gasteiger partial charge on any atom is -0.370 e. The molecule has 3 amide bonds. The second-order valence-corrected chi connectivity index (χ2v) is 6.51. The van der Waals surface area contributed by atoms with Gasteiger partial charge < -0.3 is 20.3 Å². The van der Waals surface area contributed by atoms with Crippen LogP contribution in [-0.4, -0.2) is 38.2 Å². The molecule has 0 atom stereocenters. The van der Waals surface area contributed by atoms with Gasteiger partial charge in [0.15, 0.2) is 0 Å². The van der Waals surface area contributed by atoms with Gasteiger partial charge in [-0.25, -0.2) is 4.79 Å². The van der Waals surface area contributed by atoms with Crippen LogP contribution in [0.2, 0.25) is 0 Å². The van der Waals surface area contributed by atoms with Crippen molar-refractivity contribution in [2.45, 2.75) is 20.8 Å². The van der Waals surface area contributed by atoms with Gasteiger partial charge in [-0.2, -0.15) is 0 Å². The topological polar surface area (TPSA) is 70.7 Å². The molecule has 1 heterocycles. The maximum atomic E-state index is 11.8. The van der Waals surface area contributed by atoms with E-state index >= 15 is 0 Å². The lowest BCUT2D eigenvalue weighted by Crippen LogP contribution is -2.41. The molecule has 120 valence electrons. The van der Waals surface area contributed by atoms with Gasteiger partial charge in [-0.05, 0) is 29.7 Å². The average Bonchev–Trinajstić information content (AvgIpc) is 2.46. The highest BCUT2D eigenvalue weighted by atomic mass is 16.5. The van der Waals surface area contributed by atoms with Crippen molar-refractivity contribution in [3.8, 4) is 0 Å². The number of anilines is 2.